The van der Waals surface area contributed by atoms with E-state index < -0.39 is 21.7 Å². The smallest absolute Gasteiger partial charge is 0.244 e. The molecule has 0 unspecified atom stereocenters. The summed E-state index contributed by atoms with van der Waals surface area (Å²) >= 11 is 0. The summed E-state index contributed by atoms with van der Waals surface area (Å²) in [5.41, 5.74) is 2.70. The molecule has 9 heteroatoms. The average molecular weight is 380 g/mol. The maximum atomic E-state index is 13.5. The maximum absolute atomic E-state index is 13.5. The SMILES string of the molecule is O=S(=O)(c1ccc(N/N=C\c2ccc(F)cc2F)nc1)N1CCCCC1. The van der Waals surface area contributed by atoms with Gasteiger partial charge in [-0.25, -0.2) is 22.2 Å². The summed E-state index contributed by atoms with van der Waals surface area (Å²) in [4.78, 5) is 4.15. The van der Waals surface area contributed by atoms with E-state index in [9.17, 15) is 17.2 Å². The minimum absolute atomic E-state index is 0.114. The number of anilines is 1. The van der Waals surface area contributed by atoms with E-state index in [2.05, 4.69) is 15.5 Å². The van der Waals surface area contributed by atoms with Gasteiger partial charge in [0.15, 0.2) is 0 Å². The fourth-order valence-electron chi connectivity index (χ4n) is 2.63. The zero-order valence-electron chi connectivity index (χ0n) is 13.9. The molecule has 1 saturated heterocycles. The van der Waals surface area contributed by atoms with Crippen molar-refractivity contribution in [1.29, 1.82) is 0 Å². The van der Waals surface area contributed by atoms with Crippen molar-refractivity contribution in [2.75, 3.05) is 18.5 Å². The first-order valence-electron chi connectivity index (χ1n) is 8.17. The van der Waals surface area contributed by atoms with Crippen molar-refractivity contribution >= 4 is 22.1 Å². The van der Waals surface area contributed by atoms with Crippen LogP contribution < -0.4 is 5.43 Å². The Kier molecular flexibility index (Phi) is 5.58. The lowest BCUT2D eigenvalue weighted by Gasteiger charge is -2.25. The Morgan fingerprint density at radius 3 is 2.54 bits per heavy atom. The number of benzene rings is 1. The number of hydrazone groups is 1. The summed E-state index contributed by atoms with van der Waals surface area (Å²) in [6, 6.07) is 6.09. The average Bonchev–Trinajstić information content (AvgIpc) is 2.65. The van der Waals surface area contributed by atoms with Gasteiger partial charge in [0, 0.05) is 30.9 Å². The highest BCUT2D eigenvalue weighted by Crippen LogP contribution is 2.20. The number of rotatable bonds is 5. The fourth-order valence-corrected chi connectivity index (χ4v) is 4.09. The Hall–Kier alpha value is -2.39. The van der Waals surface area contributed by atoms with Gasteiger partial charge in [0.05, 0.1) is 6.21 Å². The highest BCUT2D eigenvalue weighted by atomic mass is 32.2. The number of hydrogen-bond acceptors (Lipinski definition) is 5. The van der Waals surface area contributed by atoms with Crippen LogP contribution in [0.3, 0.4) is 0 Å². The molecule has 1 aromatic carbocycles. The molecular weight excluding hydrogens is 362 g/mol. The first-order chi connectivity index (χ1) is 12.5. The van der Waals surface area contributed by atoms with E-state index in [0.29, 0.717) is 18.9 Å². The highest BCUT2D eigenvalue weighted by molar-refractivity contribution is 7.89. The molecule has 138 valence electrons. The van der Waals surface area contributed by atoms with Crippen molar-refractivity contribution in [3.63, 3.8) is 0 Å². The number of aromatic nitrogens is 1. The van der Waals surface area contributed by atoms with Crippen molar-refractivity contribution in [1.82, 2.24) is 9.29 Å². The van der Waals surface area contributed by atoms with E-state index in [4.69, 9.17) is 0 Å². The Balaban J connectivity index is 1.66. The van der Waals surface area contributed by atoms with Crippen molar-refractivity contribution in [2.45, 2.75) is 24.2 Å². The first kappa shape index (κ1) is 18.4. The van der Waals surface area contributed by atoms with Gasteiger partial charge in [-0.1, -0.05) is 6.42 Å². The van der Waals surface area contributed by atoms with Crippen molar-refractivity contribution < 1.29 is 17.2 Å². The number of nitrogens with one attached hydrogen (secondary N) is 1. The van der Waals surface area contributed by atoms with E-state index in [1.54, 1.807) is 0 Å². The molecular formula is C17H18F2N4O2S. The molecule has 1 N–H and O–H groups in total. The molecule has 0 saturated carbocycles. The second-order valence-corrected chi connectivity index (χ2v) is 7.82. The summed E-state index contributed by atoms with van der Waals surface area (Å²) < 4.78 is 52.9. The molecule has 1 fully saturated rings. The fraction of sp³-hybridized carbons (Fsp3) is 0.294. The molecule has 0 atom stereocenters. The second-order valence-electron chi connectivity index (χ2n) is 5.88. The topological polar surface area (TPSA) is 74.7 Å². The summed E-state index contributed by atoms with van der Waals surface area (Å²) in [5, 5.41) is 3.82. The summed E-state index contributed by atoms with van der Waals surface area (Å²) in [7, 11) is -3.53. The van der Waals surface area contributed by atoms with Gasteiger partial charge in [-0.2, -0.15) is 9.41 Å². The lowest BCUT2D eigenvalue weighted by Crippen LogP contribution is -2.35. The van der Waals surface area contributed by atoms with E-state index in [0.717, 1.165) is 31.4 Å². The zero-order valence-corrected chi connectivity index (χ0v) is 14.7. The number of sulfonamides is 1. The van der Waals surface area contributed by atoms with Crippen LogP contribution in [0.2, 0.25) is 0 Å². The van der Waals surface area contributed by atoms with Gasteiger partial charge in [-0.3, -0.25) is 5.43 Å². The summed E-state index contributed by atoms with van der Waals surface area (Å²) in [6.07, 6.45) is 5.22. The maximum Gasteiger partial charge on any atom is 0.244 e. The molecule has 6 nitrogen and oxygen atoms in total. The van der Waals surface area contributed by atoms with Crippen LogP contribution in [0.25, 0.3) is 0 Å². The normalized spacial score (nSPS) is 16.1. The third kappa shape index (κ3) is 4.23. The predicted octanol–water partition coefficient (Wildman–Crippen LogP) is 2.98. The van der Waals surface area contributed by atoms with Crippen LogP contribution in [0.1, 0.15) is 24.8 Å². The van der Waals surface area contributed by atoms with E-state index in [1.807, 2.05) is 0 Å². The third-order valence-electron chi connectivity index (χ3n) is 4.03. The van der Waals surface area contributed by atoms with Gasteiger partial charge in [-0.15, -0.1) is 0 Å². The molecule has 26 heavy (non-hydrogen) atoms. The molecule has 0 spiro atoms. The van der Waals surface area contributed by atoms with Gasteiger partial charge < -0.3 is 0 Å². The number of hydrogen-bond donors (Lipinski definition) is 1. The summed E-state index contributed by atoms with van der Waals surface area (Å²) in [6.45, 7) is 1.05. The van der Waals surface area contributed by atoms with Gasteiger partial charge in [0.1, 0.15) is 22.3 Å². The van der Waals surface area contributed by atoms with Gasteiger partial charge in [-0.05, 0) is 37.1 Å². The molecule has 1 aliphatic heterocycles. The Morgan fingerprint density at radius 2 is 1.88 bits per heavy atom. The highest BCUT2D eigenvalue weighted by Gasteiger charge is 2.26. The number of halogens is 2. The lowest BCUT2D eigenvalue weighted by molar-refractivity contribution is 0.346. The van der Waals surface area contributed by atoms with Crippen molar-refractivity contribution in [2.24, 2.45) is 5.10 Å². The molecule has 0 bridgehead atoms. The van der Waals surface area contributed by atoms with Crippen LogP contribution in [-0.2, 0) is 10.0 Å². The predicted molar refractivity (Wildman–Crippen MR) is 94.4 cm³/mol. The minimum atomic E-state index is -3.53. The molecule has 0 amide bonds. The van der Waals surface area contributed by atoms with Crippen LogP contribution in [0.4, 0.5) is 14.6 Å². The first-order valence-corrected chi connectivity index (χ1v) is 9.61. The Labute approximate surface area is 150 Å². The molecule has 2 heterocycles. The van der Waals surface area contributed by atoms with Gasteiger partial charge in [0.2, 0.25) is 10.0 Å². The third-order valence-corrected chi connectivity index (χ3v) is 5.92. The quantitative estimate of drug-likeness (QED) is 0.639. The lowest BCUT2D eigenvalue weighted by atomic mass is 10.2. The van der Waals surface area contributed by atoms with Crippen molar-refractivity contribution in [3.8, 4) is 0 Å². The molecule has 0 aliphatic carbocycles. The number of pyridine rings is 1. The number of piperidine rings is 1. The minimum Gasteiger partial charge on any atom is -0.261 e. The second kappa shape index (κ2) is 7.88. The monoisotopic (exact) mass is 380 g/mol. The standard InChI is InChI=1S/C17H18F2N4O2S/c18-14-5-4-13(16(19)10-14)11-21-22-17-7-6-15(12-20-17)26(24,25)23-8-2-1-3-9-23/h4-7,10-12H,1-3,8-9H2,(H,20,22)/b21-11-. The summed E-state index contributed by atoms with van der Waals surface area (Å²) in [5.74, 6) is -1.09. The largest absolute Gasteiger partial charge is 0.261 e. The van der Waals surface area contributed by atoms with Crippen molar-refractivity contribution in [3.05, 3.63) is 53.7 Å². The van der Waals surface area contributed by atoms with Crippen LogP contribution in [0.15, 0.2) is 46.5 Å². The van der Waals surface area contributed by atoms with Crippen LogP contribution in [0.5, 0.6) is 0 Å². The van der Waals surface area contributed by atoms with Crippen LogP contribution in [-0.4, -0.2) is 37.0 Å². The van der Waals surface area contributed by atoms with E-state index in [1.165, 1.54) is 34.9 Å². The molecule has 2 aromatic rings. The van der Waals surface area contributed by atoms with Gasteiger partial charge in [0.25, 0.3) is 0 Å². The van der Waals surface area contributed by atoms with Crippen LogP contribution in [0, 0.1) is 11.6 Å². The number of nitrogens with zero attached hydrogens (tertiary/aromatic N) is 3. The zero-order chi connectivity index (χ0) is 18.6. The van der Waals surface area contributed by atoms with E-state index in [-0.39, 0.29) is 10.5 Å². The molecule has 0 radical (unpaired) electrons. The Morgan fingerprint density at radius 1 is 1.12 bits per heavy atom. The van der Waals surface area contributed by atoms with E-state index >= 15 is 0 Å². The van der Waals surface area contributed by atoms with Crippen LogP contribution >= 0.6 is 0 Å². The Bertz CT molecular complexity index is 895. The van der Waals surface area contributed by atoms with Gasteiger partial charge >= 0.3 is 0 Å². The molecule has 1 aliphatic rings. The molecule has 3 rings (SSSR count). The molecule has 1 aromatic heterocycles.